The summed E-state index contributed by atoms with van der Waals surface area (Å²) in [6, 6.07) is 7.57. The van der Waals surface area contributed by atoms with Gasteiger partial charge in [0.2, 0.25) is 5.91 Å². The van der Waals surface area contributed by atoms with Crippen LogP contribution in [0.25, 0.3) is 0 Å². The number of rotatable bonds is 8. The van der Waals surface area contributed by atoms with Gasteiger partial charge in [0, 0.05) is 45.4 Å². The van der Waals surface area contributed by atoms with E-state index in [0.717, 1.165) is 50.6 Å². The highest BCUT2D eigenvalue weighted by atomic mass is 16.5. The van der Waals surface area contributed by atoms with Crippen LogP contribution >= 0.6 is 0 Å². The van der Waals surface area contributed by atoms with Gasteiger partial charge in [0.05, 0.1) is 25.8 Å². The number of nitrogens with zero attached hydrogens (tertiary/aromatic N) is 2. The Hall–Kier alpha value is -1.63. The molecule has 6 nitrogen and oxygen atoms in total. The third kappa shape index (κ3) is 5.42. The van der Waals surface area contributed by atoms with Gasteiger partial charge >= 0.3 is 0 Å². The average molecular weight is 349 g/mol. The first kappa shape index (κ1) is 19.7. The minimum atomic E-state index is -0.137. The van der Waals surface area contributed by atoms with Crippen LogP contribution in [0.2, 0.25) is 0 Å². The number of benzene rings is 1. The zero-order valence-electron chi connectivity index (χ0n) is 15.8. The van der Waals surface area contributed by atoms with Crippen molar-refractivity contribution in [2.75, 3.05) is 53.6 Å². The number of ether oxygens (including phenoxy) is 2. The van der Waals surface area contributed by atoms with Gasteiger partial charge in [-0.1, -0.05) is 18.2 Å². The standard InChI is InChI=1S/C19H31N3O3/c1-15(17-7-5-6-8-18(17)25-4)20-19(23)16(2)22-11-9-21(10-12-22)13-14-24-3/h5-8,15-16H,9-14H2,1-4H3,(H,20,23)/t15-,16+/m1/s1. The zero-order chi connectivity index (χ0) is 18.2. The molecular formula is C19H31N3O3. The van der Waals surface area contributed by atoms with Gasteiger partial charge in [0.15, 0.2) is 0 Å². The molecule has 2 atom stereocenters. The second-order valence-corrected chi connectivity index (χ2v) is 6.52. The molecule has 0 saturated carbocycles. The molecule has 1 aliphatic heterocycles. The van der Waals surface area contributed by atoms with Gasteiger partial charge < -0.3 is 14.8 Å². The third-order valence-corrected chi connectivity index (χ3v) is 4.91. The Bertz CT molecular complexity index is 544. The minimum absolute atomic E-state index is 0.0590. The van der Waals surface area contributed by atoms with E-state index >= 15 is 0 Å². The lowest BCUT2D eigenvalue weighted by atomic mass is 10.1. The molecule has 1 aliphatic rings. The van der Waals surface area contributed by atoms with E-state index in [1.807, 2.05) is 38.1 Å². The van der Waals surface area contributed by atoms with Crippen LogP contribution in [0.4, 0.5) is 0 Å². The van der Waals surface area contributed by atoms with Crippen molar-refractivity contribution in [3.05, 3.63) is 29.8 Å². The molecule has 25 heavy (non-hydrogen) atoms. The molecule has 1 saturated heterocycles. The Morgan fingerprint density at radius 1 is 1.16 bits per heavy atom. The minimum Gasteiger partial charge on any atom is -0.496 e. The van der Waals surface area contributed by atoms with Crippen molar-refractivity contribution in [1.82, 2.24) is 15.1 Å². The molecule has 1 heterocycles. The Labute approximate surface area is 151 Å². The van der Waals surface area contributed by atoms with Crippen molar-refractivity contribution in [1.29, 1.82) is 0 Å². The number of piperazine rings is 1. The van der Waals surface area contributed by atoms with Crippen LogP contribution in [0.3, 0.4) is 0 Å². The highest BCUT2D eigenvalue weighted by Crippen LogP contribution is 2.24. The Morgan fingerprint density at radius 3 is 2.48 bits per heavy atom. The van der Waals surface area contributed by atoms with Crippen LogP contribution in [0.1, 0.15) is 25.5 Å². The lowest BCUT2D eigenvalue weighted by Gasteiger charge is -2.37. The number of carbonyl (C=O) groups excluding carboxylic acids is 1. The summed E-state index contributed by atoms with van der Waals surface area (Å²) in [5.41, 5.74) is 0.995. The van der Waals surface area contributed by atoms with Crippen LogP contribution in [0.5, 0.6) is 5.75 Å². The van der Waals surface area contributed by atoms with Crippen LogP contribution in [0.15, 0.2) is 24.3 Å². The lowest BCUT2D eigenvalue weighted by molar-refractivity contribution is -0.127. The summed E-state index contributed by atoms with van der Waals surface area (Å²) in [4.78, 5) is 17.3. The molecule has 0 unspecified atom stereocenters. The van der Waals surface area contributed by atoms with Gasteiger partial charge in [-0.2, -0.15) is 0 Å². The first-order valence-electron chi connectivity index (χ1n) is 8.95. The molecular weight excluding hydrogens is 318 g/mol. The van der Waals surface area contributed by atoms with Crippen LogP contribution in [-0.4, -0.2) is 75.3 Å². The predicted octanol–water partition coefficient (Wildman–Crippen LogP) is 1.52. The van der Waals surface area contributed by atoms with Crippen LogP contribution in [0, 0.1) is 0 Å². The average Bonchev–Trinajstić information content (AvgIpc) is 2.66. The van der Waals surface area contributed by atoms with E-state index < -0.39 is 0 Å². The monoisotopic (exact) mass is 349 g/mol. The maximum absolute atomic E-state index is 12.7. The Morgan fingerprint density at radius 2 is 1.84 bits per heavy atom. The number of hydrogen-bond acceptors (Lipinski definition) is 5. The fraction of sp³-hybridized carbons (Fsp3) is 0.632. The molecule has 1 aromatic carbocycles. The molecule has 0 bridgehead atoms. The van der Waals surface area contributed by atoms with E-state index in [1.54, 1.807) is 14.2 Å². The number of nitrogens with one attached hydrogen (secondary N) is 1. The quantitative estimate of drug-likeness (QED) is 0.771. The van der Waals surface area contributed by atoms with E-state index in [1.165, 1.54) is 0 Å². The number of hydrogen-bond donors (Lipinski definition) is 1. The van der Waals surface area contributed by atoms with Crippen molar-refractivity contribution in [3.63, 3.8) is 0 Å². The van der Waals surface area contributed by atoms with Gasteiger partial charge in [-0.3, -0.25) is 14.6 Å². The largest absolute Gasteiger partial charge is 0.496 e. The molecule has 1 N–H and O–H groups in total. The molecule has 6 heteroatoms. The second-order valence-electron chi connectivity index (χ2n) is 6.52. The summed E-state index contributed by atoms with van der Waals surface area (Å²) in [7, 11) is 3.38. The first-order valence-corrected chi connectivity index (χ1v) is 8.95. The molecule has 1 aromatic rings. The topological polar surface area (TPSA) is 54.0 Å². The van der Waals surface area contributed by atoms with Crippen molar-refractivity contribution in [3.8, 4) is 5.75 Å². The maximum atomic E-state index is 12.7. The van der Waals surface area contributed by atoms with Gasteiger partial charge in [-0.05, 0) is 19.9 Å². The maximum Gasteiger partial charge on any atom is 0.237 e. The highest BCUT2D eigenvalue weighted by Gasteiger charge is 2.26. The normalized spacial score (nSPS) is 18.6. The molecule has 1 fully saturated rings. The second kappa shape index (κ2) is 9.75. The number of methoxy groups -OCH3 is 2. The van der Waals surface area contributed by atoms with E-state index in [2.05, 4.69) is 15.1 Å². The molecule has 0 aromatic heterocycles. The lowest BCUT2D eigenvalue weighted by Crippen LogP contribution is -2.54. The number of para-hydroxylation sites is 1. The molecule has 0 spiro atoms. The van der Waals surface area contributed by atoms with Crippen molar-refractivity contribution in [2.24, 2.45) is 0 Å². The summed E-state index contributed by atoms with van der Waals surface area (Å²) in [6.45, 7) is 9.44. The van der Waals surface area contributed by atoms with Gasteiger partial charge in [0.25, 0.3) is 0 Å². The first-order chi connectivity index (χ1) is 12.1. The number of amides is 1. The van der Waals surface area contributed by atoms with Crippen LogP contribution in [-0.2, 0) is 9.53 Å². The summed E-state index contributed by atoms with van der Waals surface area (Å²) >= 11 is 0. The summed E-state index contributed by atoms with van der Waals surface area (Å²) < 4.78 is 10.5. The third-order valence-electron chi connectivity index (χ3n) is 4.91. The van der Waals surface area contributed by atoms with E-state index in [0.29, 0.717) is 0 Å². The summed E-state index contributed by atoms with van der Waals surface area (Å²) in [5.74, 6) is 0.860. The molecule has 2 rings (SSSR count). The Kier molecular flexibility index (Phi) is 7.68. The van der Waals surface area contributed by atoms with Crippen molar-refractivity contribution in [2.45, 2.75) is 25.9 Å². The zero-order valence-corrected chi connectivity index (χ0v) is 15.8. The smallest absolute Gasteiger partial charge is 0.237 e. The fourth-order valence-electron chi connectivity index (χ4n) is 3.20. The van der Waals surface area contributed by atoms with E-state index in [4.69, 9.17) is 9.47 Å². The van der Waals surface area contributed by atoms with Crippen molar-refractivity contribution < 1.29 is 14.3 Å². The molecule has 0 aliphatic carbocycles. The van der Waals surface area contributed by atoms with Crippen LogP contribution < -0.4 is 10.1 Å². The molecule has 1 amide bonds. The van der Waals surface area contributed by atoms with Gasteiger partial charge in [-0.25, -0.2) is 0 Å². The van der Waals surface area contributed by atoms with Crippen molar-refractivity contribution >= 4 is 5.91 Å². The van der Waals surface area contributed by atoms with Gasteiger partial charge in [0.1, 0.15) is 5.75 Å². The summed E-state index contributed by atoms with van der Waals surface area (Å²) in [6.07, 6.45) is 0. The summed E-state index contributed by atoms with van der Waals surface area (Å²) in [5, 5.41) is 3.12. The fourth-order valence-corrected chi connectivity index (χ4v) is 3.20. The van der Waals surface area contributed by atoms with Gasteiger partial charge in [-0.15, -0.1) is 0 Å². The Balaban J connectivity index is 1.86. The highest BCUT2D eigenvalue weighted by molar-refractivity contribution is 5.81. The van der Waals surface area contributed by atoms with E-state index in [9.17, 15) is 4.79 Å². The molecule has 140 valence electrons. The SMILES string of the molecule is COCCN1CCN([C@@H](C)C(=O)N[C@H](C)c2ccccc2OC)CC1. The van der Waals surface area contributed by atoms with E-state index in [-0.39, 0.29) is 18.0 Å². The number of carbonyl (C=O) groups is 1. The predicted molar refractivity (Wildman–Crippen MR) is 98.9 cm³/mol. The molecule has 0 radical (unpaired) electrons.